The summed E-state index contributed by atoms with van der Waals surface area (Å²) in [5, 5.41) is 0.764. The highest BCUT2D eigenvalue weighted by molar-refractivity contribution is 7.18. The van der Waals surface area contributed by atoms with Gasteiger partial charge in [0.2, 0.25) is 0 Å². The fraction of sp³-hybridized carbons (Fsp3) is 0.364. The summed E-state index contributed by atoms with van der Waals surface area (Å²) >= 11 is 1.64. The van der Waals surface area contributed by atoms with E-state index in [-0.39, 0.29) is 23.9 Å². The second kappa shape index (κ2) is 6.91. The van der Waals surface area contributed by atoms with Crippen molar-refractivity contribution in [3.8, 4) is 0 Å². The van der Waals surface area contributed by atoms with Crippen LogP contribution in [-0.4, -0.2) is 32.8 Å². The molecule has 3 aromatic rings. The monoisotopic (exact) mass is 407 g/mol. The van der Waals surface area contributed by atoms with Crippen LogP contribution < -0.4 is 5.56 Å². The quantitative estimate of drug-likeness (QED) is 0.623. The largest absolute Gasteiger partial charge is 0.299 e. The second-order valence-electron chi connectivity index (χ2n) is 7.94. The maximum Gasteiger partial charge on any atom is 0.262 e. The van der Waals surface area contributed by atoms with Crippen molar-refractivity contribution in [3.05, 3.63) is 62.5 Å². The summed E-state index contributed by atoms with van der Waals surface area (Å²) in [6.45, 7) is 2.96. The number of aromatic nitrogens is 2. The van der Waals surface area contributed by atoms with Gasteiger partial charge in [-0.15, -0.1) is 11.3 Å². The van der Waals surface area contributed by atoms with Gasteiger partial charge in [0.1, 0.15) is 4.83 Å². The first-order valence-corrected chi connectivity index (χ1v) is 10.8. The first kappa shape index (κ1) is 18.2. The molecule has 1 aliphatic carbocycles. The number of aryl methyl sites for hydroxylation is 2. The average molecular weight is 407 g/mol. The molecule has 2 amide bonds. The van der Waals surface area contributed by atoms with Crippen LogP contribution in [0.25, 0.3) is 10.2 Å². The third kappa shape index (κ3) is 2.92. The van der Waals surface area contributed by atoms with Crippen LogP contribution in [0.1, 0.15) is 50.9 Å². The molecule has 29 heavy (non-hydrogen) atoms. The van der Waals surface area contributed by atoms with Gasteiger partial charge in [0.05, 0.1) is 22.8 Å². The third-order valence-corrected chi connectivity index (χ3v) is 7.10. The lowest BCUT2D eigenvalue weighted by Gasteiger charge is -2.17. The van der Waals surface area contributed by atoms with Gasteiger partial charge in [0.25, 0.3) is 17.4 Å². The van der Waals surface area contributed by atoms with E-state index in [2.05, 4.69) is 11.9 Å². The summed E-state index contributed by atoms with van der Waals surface area (Å²) in [6.07, 6.45) is 5.18. The molecular formula is C22H21N3O3S. The van der Waals surface area contributed by atoms with Gasteiger partial charge < -0.3 is 0 Å². The van der Waals surface area contributed by atoms with Crippen LogP contribution >= 0.6 is 11.3 Å². The Morgan fingerprint density at radius 3 is 2.55 bits per heavy atom. The minimum absolute atomic E-state index is 0.00980. The van der Waals surface area contributed by atoms with Gasteiger partial charge in [0, 0.05) is 18.0 Å². The fourth-order valence-corrected chi connectivity index (χ4v) is 5.71. The van der Waals surface area contributed by atoms with E-state index in [0.29, 0.717) is 30.0 Å². The Morgan fingerprint density at radius 1 is 1.10 bits per heavy atom. The zero-order valence-electron chi connectivity index (χ0n) is 16.2. The number of amides is 2. The summed E-state index contributed by atoms with van der Waals surface area (Å²) in [5.74, 6) is 0.137. The van der Waals surface area contributed by atoms with Crippen molar-refractivity contribution < 1.29 is 9.59 Å². The molecule has 0 fully saturated rings. The highest BCUT2D eigenvalue weighted by Gasteiger charge is 2.34. The minimum atomic E-state index is -0.257. The van der Waals surface area contributed by atoms with Gasteiger partial charge in [0.15, 0.2) is 0 Å². The summed E-state index contributed by atoms with van der Waals surface area (Å²) in [5.41, 5.74) is 2.08. The Morgan fingerprint density at radius 2 is 1.83 bits per heavy atom. The normalized spacial score (nSPS) is 18.4. The predicted octanol–water partition coefficient (Wildman–Crippen LogP) is 3.27. The summed E-state index contributed by atoms with van der Waals surface area (Å²) in [4.78, 5) is 45.9. The van der Waals surface area contributed by atoms with E-state index in [1.165, 1.54) is 15.3 Å². The zero-order chi connectivity index (χ0) is 20.1. The Labute approximate surface area is 171 Å². The number of carbonyl (C=O) groups is 2. The molecule has 0 saturated carbocycles. The minimum Gasteiger partial charge on any atom is -0.299 e. The van der Waals surface area contributed by atoms with E-state index in [9.17, 15) is 14.4 Å². The van der Waals surface area contributed by atoms with Gasteiger partial charge >= 0.3 is 0 Å². The standard InChI is InChI=1S/C22H21N3O3S/c1-13-7-8-16-17(11-13)29-19-18(16)22(28)24(12-23-19)9-4-10-25-20(26)14-5-2-3-6-15(14)21(25)27/h2-3,5-6,12-13H,4,7-11H2,1H3. The molecule has 5 rings (SSSR count). The van der Waals surface area contributed by atoms with E-state index < -0.39 is 0 Å². The van der Waals surface area contributed by atoms with Gasteiger partial charge in [-0.25, -0.2) is 4.98 Å². The number of imide groups is 1. The van der Waals surface area contributed by atoms with Crippen LogP contribution in [-0.2, 0) is 19.4 Å². The van der Waals surface area contributed by atoms with E-state index in [4.69, 9.17) is 0 Å². The number of benzene rings is 1. The van der Waals surface area contributed by atoms with Crippen molar-refractivity contribution >= 4 is 33.4 Å². The van der Waals surface area contributed by atoms with Crippen molar-refractivity contribution in [1.82, 2.24) is 14.5 Å². The van der Waals surface area contributed by atoms with E-state index >= 15 is 0 Å². The number of rotatable bonds is 4. The molecule has 3 heterocycles. The van der Waals surface area contributed by atoms with Gasteiger partial charge in [-0.1, -0.05) is 19.1 Å². The van der Waals surface area contributed by atoms with E-state index in [1.807, 2.05) is 0 Å². The molecule has 1 unspecified atom stereocenters. The van der Waals surface area contributed by atoms with Crippen LogP contribution in [0.5, 0.6) is 0 Å². The lowest BCUT2D eigenvalue weighted by molar-refractivity contribution is 0.0650. The maximum atomic E-state index is 13.1. The molecule has 0 spiro atoms. The number of thiophene rings is 1. The second-order valence-corrected chi connectivity index (χ2v) is 9.02. The molecule has 0 radical (unpaired) electrons. The van der Waals surface area contributed by atoms with Crippen LogP contribution in [0.2, 0.25) is 0 Å². The predicted molar refractivity (Wildman–Crippen MR) is 111 cm³/mol. The van der Waals surface area contributed by atoms with E-state index in [1.54, 1.807) is 46.5 Å². The summed E-state index contributed by atoms with van der Waals surface area (Å²) < 4.78 is 1.62. The first-order chi connectivity index (χ1) is 14.0. The molecule has 0 N–H and O–H groups in total. The van der Waals surface area contributed by atoms with Crippen molar-refractivity contribution in [3.63, 3.8) is 0 Å². The molecule has 2 aromatic heterocycles. The lowest BCUT2D eigenvalue weighted by atomic mass is 9.89. The van der Waals surface area contributed by atoms with Crippen LogP contribution in [0.15, 0.2) is 35.4 Å². The molecule has 1 aromatic carbocycles. The first-order valence-electron chi connectivity index (χ1n) is 9.99. The molecule has 0 saturated heterocycles. The Balaban J connectivity index is 1.34. The van der Waals surface area contributed by atoms with Crippen molar-refractivity contribution in [1.29, 1.82) is 0 Å². The van der Waals surface area contributed by atoms with Crippen molar-refractivity contribution in [2.24, 2.45) is 5.92 Å². The molecule has 2 aliphatic rings. The molecule has 1 aliphatic heterocycles. The van der Waals surface area contributed by atoms with Gasteiger partial charge in [-0.3, -0.25) is 23.9 Å². The smallest absolute Gasteiger partial charge is 0.262 e. The van der Waals surface area contributed by atoms with Crippen LogP contribution in [0.3, 0.4) is 0 Å². The SMILES string of the molecule is CC1CCc2c(sc3ncn(CCCN4C(=O)c5ccccc5C4=O)c(=O)c23)C1. The Bertz CT molecular complexity index is 1170. The highest BCUT2D eigenvalue weighted by atomic mass is 32.1. The van der Waals surface area contributed by atoms with Crippen LogP contribution in [0.4, 0.5) is 0 Å². The van der Waals surface area contributed by atoms with Crippen molar-refractivity contribution in [2.45, 2.75) is 39.2 Å². The van der Waals surface area contributed by atoms with Crippen LogP contribution in [0, 0.1) is 5.92 Å². The lowest BCUT2D eigenvalue weighted by Crippen LogP contribution is -2.32. The molecule has 148 valence electrons. The Kier molecular flexibility index (Phi) is 4.35. The molecule has 1 atom stereocenters. The Hall–Kier alpha value is -2.80. The number of hydrogen-bond donors (Lipinski definition) is 0. The highest BCUT2D eigenvalue weighted by Crippen LogP contribution is 2.35. The zero-order valence-corrected chi connectivity index (χ0v) is 17.0. The summed E-state index contributed by atoms with van der Waals surface area (Å²) in [6, 6.07) is 6.88. The molecule has 0 bridgehead atoms. The number of hydrogen-bond acceptors (Lipinski definition) is 5. The molecule has 7 heteroatoms. The van der Waals surface area contributed by atoms with Crippen molar-refractivity contribution in [2.75, 3.05) is 6.54 Å². The van der Waals surface area contributed by atoms with Gasteiger partial charge in [-0.2, -0.15) is 0 Å². The summed E-state index contributed by atoms with van der Waals surface area (Å²) in [7, 11) is 0. The third-order valence-electron chi connectivity index (χ3n) is 5.94. The van der Waals surface area contributed by atoms with Gasteiger partial charge in [-0.05, 0) is 49.3 Å². The molecule has 6 nitrogen and oxygen atoms in total. The average Bonchev–Trinajstić information content (AvgIpc) is 3.20. The molecular weight excluding hydrogens is 386 g/mol. The van der Waals surface area contributed by atoms with E-state index in [0.717, 1.165) is 29.5 Å². The fourth-order valence-electron chi connectivity index (χ4n) is 4.37. The maximum absolute atomic E-state index is 13.1. The number of nitrogens with zero attached hydrogens (tertiary/aromatic N) is 3. The topological polar surface area (TPSA) is 72.3 Å². The number of fused-ring (bicyclic) bond motifs is 4. The number of carbonyl (C=O) groups excluding carboxylic acids is 2.